The molecule has 0 amide bonds. The maximum atomic E-state index is 5.42. The van der Waals surface area contributed by atoms with Gasteiger partial charge in [-0.05, 0) is 31.2 Å². The number of morpholine rings is 1. The highest BCUT2D eigenvalue weighted by Crippen LogP contribution is 2.34. The molecule has 0 aromatic carbocycles. The molecular weight excluding hydrogens is 222 g/mol. The highest BCUT2D eigenvalue weighted by molar-refractivity contribution is 4.77. The average Bonchev–Trinajstić information content (AvgIpc) is 2.42. The summed E-state index contributed by atoms with van der Waals surface area (Å²) < 4.78 is 5.42. The Hall–Kier alpha value is -0.0800. The Morgan fingerprint density at radius 1 is 0.944 bits per heavy atom. The SMILES string of the molecule is CCCCC(C)(CCCC)CCN1CCOCC1. The van der Waals surface area contributed by atoms with Gasteiger partial charge in [-0.2, -0.15) is 0 Å². The lowest BCUT2D eigenvalue weighted by atomic mass is 9.77. The second-order valence-electron chi connectivity index (χ2n) is 6.22. The fourth-order valence-electron chi connectivity index (χ4n) is 2.83. The maximum Gasteiger partial charge on any atom is 0.0594 e. The Labute approximate surface area is 114 Å². The predicted molar refractivity (Wildman–Crippen MR) is 79.0 cm³/mol. The molecule has 2 heteroatoms. The van der Waals surface area contributed by atoms with E-state index in [2.05, 4.69) is 25.7 Å². The molecule has 1 heterocycles. The molecule has 2 nitrogen and oxygen atoms in total. The van der Waals surface area contributed by atoms with E-state index in [-0.39, 0.29) is 0 Å². The second kappa shape index (κ2) is 8.92. The maximum absolute atomic E-state index is 5.42. The highest BCUT2D eigenvalue weighted by Gasteiger charge is 2.24. The van der Waals surface area contributed by atoms with Gasteiger partial charge in [-0.1, -0.05) is 46.5 Å². The summed E-state index contributed by atoms with van der Waals surface area (Å²) in [7, 11) is 0. The molecule has 0 saturated carbocycles. The molecule has 0 unspecified atom stereocenters. The summed E-state index contributed by atoms with van der Waals surface area (Å²) in [5, 5.41) is 0. The van der Waals surface area contributed by atoms with Crippen LogP contribution in [0.25, 0.3) is 0 Å². The molecule has 0 bridgehead atoms. The summed E-state index contributed by atoms with van der Waals surface area (Å²) in [6.07, 6.45) is 9.64. The number of rotatable bonds is 9. The zero-order valence-electron chi connectivity index (χ0n) is 12.8. The Morgan fingerprint density at radius 2 is 1.50 bits per heavy atom. The molecule has 1 saturated heterocycles. The summed E-state index contributed by atoms with van der Waals surface area (Å²) >= 11 is 0. The molecule has 0 spiro atoms. The van der Waals surface area contributed by atoms with Gasteiger partial charge in [0.05, 0.1) is 13.2 Å². The molecule has 0 aromatic heterocycles. The predicted octanol–water partition coefficient (Wildman–Crippen LogP) is 4.10. The lowest BCUT2D eigenvalue weighted by molar-refractivity contribution is 0.0305. The fourth-order valence-corrected chi connectivity index (χ4v) is 2.83. The Kier molecular flexibility index (Phi) is 7.92. The van der Waals surface area contributed by atoms with Gasteiger partial charge in [-0.25, -0.2) is 0 Å². The minimum absolute atomic E-state index is 0.574. The topological polar surface area (TPSA) is 12.5 Å². The number of ether oxygens (including phenoxy) is 1. The molecule has 108 valence electrons. The van der Waals surface area contributed by atoms with E-state index in [1.165, 1.54) is 51.5 Å². The Morgan fingerprint density at radius 3 is 2.00 bits per heavy atom. The van der Waals surface area contributed by atoms with Gasteiger partial charge in [0.2, 0.25) is 0 Å². The Balaban J connectivity index is 2.33. The Bertz CT molecular complexity index is 191. The van der Waals surface area contributed by atoms with Gasteiger partial charge in [-0.3, -0.25) is 4.90 Å². The van der Waals surface area contributed by atoms with Crippen LogP contribution in [0.1, 0.15) is 65.7 Å². The normalized spacial score (nSPS) is 18.2. The van der Waals surface area contributed by atoms with Gasteiger partial charge in [0.15, 0.2) is 0 Å². The van der Waals surface area contributed by atoms with E-state index >= 15 is 0 Å². The zero-order chi connectivity index (χ0) is 13.3. The van der Waals surface area contributed by atoms with Crippen molar-refractivity contribution in [3.63, 3.8) is 0 Å². The van der Waals surface area contributed by atoms with E-state index < -0.39 is 0 Å². The molecule has 0 radical (unpaired) electrons. The summed E-state index contributed by atoms with van der Waals surface area (Å²) in [6.45, 7) is 12.5. The molecule has 1 aliphatic heterocycles. The molecule has 1 rings (SSSR count). The first-order chi connectivity index (χ1) is 8.70. The van der Waals surface area contributed by atoms with Gasteiger partial charge in [0.25, 0.3) is 0 Å². The highest BCUT2D eigenvalue weighted by atomic mass is 16.5. The number of unbranched alkanes of at least 4 members (excludes halogenated alkanes) is 2. The number of hydrogen-bond acceptors (Lipinski definition) is 2. The number of hydrogen-bond donors (Lipinski definition) is 0. The summed E-state index contributed by atoms with van der Waals surface area (Å²) in [6, 6.07) is 0. The monoisotopic (exact) mass is 255 g/mol. The van der Waals surface area contributed by atoms with Crippen molar-refractivity contribution in [1.29, 1.82) is 0 Å². The first-order valence-electron chi connectivity index (χ1n) is 8.00. The molecule has 0 N–H and O–H groups in total. The van der Waals surface area contributed by atoms with Crippen molar-refractivity contribution in [2.24, 2.45) is 5.41 Å². The van der Waals surface area contributed by atoms with E-state index in [4.69, 9.17) is 4.74 Å². The molecular formula is C16H33NO. The van der Waals surface area contributed by atoms with Crippen LogP contribution < -0.4 is 0 Å². The van der Waals surface area contributed by atoms with Gasteiger partial charge >= 0.3 is 0 Å². The van der Waals surface area contributed by atoms with E-state index in [0.717, 1.165) is 26.3 Å². The summed E-state index contributed by atoms with van der Waals surface area (Å²) in [4.78, 5) is 2.58. The van der Waals surface area contributed by atoms with E-state index in [1.54, 1.807) is 0 Å². The molecule has 1 aliphatic rings. The van der Waals surface area contributed by atoms with Gasteiger partial charge in [0, 0.05) is 13.1 Å². The van der Waals surface area contributed by atoms with E-state index in [1.807, 2.05) is 0 Å². The lowest BCUT2D eigenvalue weighted by Gasteiger charge is -2.34. The van der Waals surface area contributed by atoms with Crippen LogP contribution in [0.5, 0.6) is 0 Å². The van der Waals surface area contributed by atoms with Crippen LogP contribution in [0.3, 0.4) is 0 Å². The van der Waals surface area contributed by atoms with Crippen LogP contribution in [0, 0.1) is 5.41 Å². The van der Waals surface area contributed by atoms with Crippen molar-refractivity contribution < 1.29 is 4.74 Å². The van der Waals surface area contributed by atoms with Crippen molar-refractivity contribution in [2.45, 2.75) is 65.7 Å². The minimum Gasteiger partial charge on any atom is -0.379 e. The molecule has 0 aromatic rings. The first-order valence-corrected chi connectivity index (χ1v) is 8.00. The minimum atomic E-state index is 0.574. The molecule has 1 fully saturated rings. The second-order valence-corrected chi connectivity index (χ2v) is 6.22. The standard InChI is InChI=1S/C16H33NO/c1-4-6-8-16(3,9-7-5-2)10-11-17-12-14-18-15-13-17/h4-15H2,1-3H3. The van der Waals surface area contributed by atoms with Crippen molar-refractivity contribution in [2.75, 3.05) is 32.8 Å². The van der Waals surface area contributed by atoms with Crippen LogP contribution in [-0.4, -0.2) is 37.7 Å². The fraction of sp³-hybridized carbons (Fsp3) is 1.00. The van der Waals surface area contributed by atoms with Crippen LogP contribution in [0.4, 0.5) is 0 Å². The first kappa shape index (κ1) is 16.0. The quantitative estimate of drug-likeness (QED) is 0.615. The van der Waals surface area contributed by atoms with Crippen LogP contribution in [0.15, 0.2) is 0 Å². The van der Waals surface area contributed by atoms with Gasteiger partial charge in [0.1, 0.15) is 0 Å². The third kappa shape index (κ3) is 6.19. The van der Waals surface area contributed by atoms with Crippen molar-refractivity contribution in [3.8, 4) is 0 Å². The zero-order valence-corrected chi connectivity index (χ0v) is 12.8. The van der Waals surface area contributed by atoms with Crippen molar-refractivity contribution >= 4 is 0 Å². The third-order valence-electron chi connectivity index (χ3n) is 4.40. The van der Waals surface area contributed by atoms with Crippen LogP contribution in [0.2, 0.25) is 0 Å². The van der Waals surface area contributed by atoms with Gasteiger partial charge < -0.3 is 4.74 Å². The average molecular weight is 255 g/mol. The molecule has 0 aliphatic carbocycles. The summed E-state index contributed by atoms with van der Waals surface area (Å²) in [5.74, 6) is 0. The number of nitrogens with zero attached hydrogens (tertiary/aromatic N) is 1. The van der Waals surface area contributed by atoms with E-state index in [0.29, 0.717) is 5.41 Å². The largest absolute Gasteiger partial charge is 0.379 e. The summed E-state index contributed by atoms with van der Waals surface area (Å²) in [5.41, 5.74) is 0.574. The van der Waals surface area contributed by atoms with Gasteiger partial charge in [-0.15, -0.1) is 0 Å². The lowest BCUT2D eigenvalue weighted by Crippen LogP contribution is -2.38. The molecule has 0 atom stereocenters. The van der Waals surface area contributed by atoms with Crippen molar-refractivity contribution in [1.82, 2.24) is 4.90 Å². The smallest absolute Gasteiger partial charge is 0.0594 e. The molecule has 18 heavy (non-hydrogen) atoms. The van der Waals surface area contributed by atoms with Crippen LogP contribution >= 0.6 is 0 Å². The van der Waals surface area contributed by atoms with Crippen LogP contribution in [-0.2, 0) is 4.74 Å². The third-order valence-corrected chi connectivity index (χ3v) is 4.40. The van der Waals surface area contributed by atoms with E-state index in [9.17, 15) is 0 Å². The van der Waals surface area contributed by atoms with Crippen molar-refractivity contribution in [3.05, 3.63) is 0 Å².